The van der Waals surface area contributed by atoms with E-state index in [4.69, 9.17) is 0 Å². The van der Waals surface area contributed by atoms with Crippen LogP contribution in [0.25, 0.3) is 0 Å². The van der Waals surface area contributed by atoms with Gasteiger partial charge in [0, 0.05) is 13.1 Å². The van der Waals surface area contributed by atoms with Gasteiger partial charge in [-0.25, -0.2) is 4.79 Å². The minimum absolute atomic E-state index is 0.111. The molecular weight excluding hydrogens is 292 g/mol. The predicted molar refractivity (Wildman–Crippen MR) is 89.4 cm³/mol. The van der Waals surface area contributed by atoms with Crippen LogP contribution in [0.5, 0.6) is 0 Å². The van der Waals surface area contributed by atoms with Crippen LogP contribution in [-0.2, 0) is 4.79 Å². The lowest BCUT2D eigenvalue weighted by Gasteiger charge is -2.23. The minimum Gasteiger partial charge on any atom is -0.481 e. The average Bonchev–Trinajstić information content (AvgIpc) is 2.91. The molecule has 126 valence electrons. The first-order valence-electron chi connectivity index (χ1n) is 8.11. The van der Waals surface area contributed by atoms with E-state index in [1.165, 1.54) is 5.56 Å². The number of nitrogens with one attached hydrogen (secondary N) is 1. The van der Waals surface area contributed by atoms with Gasteiger partial charge >= 0.3 is 12.0 Å². The van der Waals surface area contributed by atoms with Gasteiger partial charge in [-0.05, 0) is 37.3 Å². The fraction of sp³-hybridized carbons (Fsp3) is 0.556. The fourth-order valence-corrected chi connectivity index (χ4v) is 2.84. The van der Waals surface area contributed by atoms with Crippen LogP contribution in [0.3, 0.4) is 0 Å². The zero-order valence-corrected chi connectivity index (χ0v) is 14.3. The molecule has 2 rings (SSSR count). The lowest BCUT2D eigenvalue weighted by molar-refractivity contribution is -0.146. The molecular formula is C18H26N2O3. The Balaban J connectivity index is 1.96. The second kappa shape index (κ2) is 6.60. The van der Waals surface area contributed by atoms with Crippen molar-refractivity contribution in [3.63, 3.8) is 0 Å². The lowest BCUT2D eigenvalue weighted by atomic mass is 9.90. The van der Waals surface area contributed by atoms with E-state index in [2.05, 4.69) is 31.3 Å². The number of hydrogen-bond acceptors (Lipinski definition) is 2. The van der Waals surface area contributed by atoms with Crippen LogP contribution in [-0.4, -0.2) is 35.1 Å². The molecule has 23 heavy (non-hydrogen) atoms. The van der Waals surface area contributed by atoms with Gasteiger partial charge in [0.05, 0.1) is 11.5 Å². The Kier molecular flexibility index (Phi) is 4.97. The summed E-state index contributed by atoms with van der Waals surface area (Å²) in [6.07, 6.45) is 0.493. The van der Waals surface area contributed by atoms with E-state index in [-0.39, 0.29) is 18.6 Å². The largest absolute Gasteiger partial charge is 0.481 e. The van der Waals surface area contributed by atoms with Gasteiger partial charge in [0.1, 0.15) is 0 Å². The van der Waals surface area contributed by atoms with E-state index in [9.17, 15) is 14.7 Å². The van der Waals surface area contributed by atoms with Crippen molar-refractivity contribution in [1.29, 1.82) is 0 Å². The molecule has 0 aliphatic carbocycles. The first-order chi connectivity index (χ1) is 10.7. The summed E-state index contributed by atoms with van der Waals surface area (Å²) in [5.41, 5.74) is 1.48. The second-order valence-electron chi connectivity index (χ2n) is 7.03. The first-order valence-corrected chi connectivity index (χ1v) is 8.11. The summed E-state index contributed by atoms with van der Waals surface area (Å²) in [6.45, 7) is 8.66. The molecule has 5 nitrogen and oxygen atoms in total. The van der Waals surface area contributed by atoms with Crippen molar-refractivity contribution >= 4 is 12.0 Å². The van der Waals surface area contributed by atoms with Crippen molar-refractivity contribution in [3.8, 4) is 0 Å². The Morgan fingerprint density at radius 3 is 2.22 bits per heavy atom. The third kappa shape index (κ3) is 3.84. The normalized spacial score (nSPS) is 22.2. The van der Waals surface area contributed by atoms with Gasteiger partial charge < -0.3 is 15.3 Å². The number of carbonyl (C=O) groups is 2. The molecule has 0 spiro atoms. The van der Waals surface area contributed by atoms with E-state index in [1.807, 2.05) is 19.1 Å². The number of rotatable bonds is 4. The first kappa shape index (κ1) is 17.3. The number of carboxylic acids is 1. The summed E-state index contributed by atoms with van der Waals surface area (Å²) in [5.74, 6) is -0.364. The van der Waals surface area contributed by atoms with Crippen LogP contribution in [0.2, 0.25) is 0 Å². The molecule has 1 aromatic rings. The second-order valence-corrected chi connectivity index (χ2v) is 7.03. The van der Waals surface area contributed by atoms with E-state index >= 15 is 0 Å². The topological polar surface area (TPSA) is 69.6 Å². The predicted octanol–water partition coefficient (Wildman–Crippen LogP) is 3.38. The summed E-state index contributed by atoms with van der Waals surface area (Å²) < 4.78 is 0. The van der Waals surface area contributed by atoms with Crippen molar-refractivity contribution in [1.82, 2.24) is 10.2 Å². The summed E-state index contributed by atoms with van der Waals surface area (Å²) in [4.78, 5) is 25.2. The number of amides is 2. The third-order valence-corrected chi connectivity index (χ3v) is 4.72. The van der Waals surface area contributed by atoms with Crippen molar-refractivity contribution in [2.24, 2.45) is 5.41 Å². The number of likely N-dealkylation sites (tertiary alicyclic amines) is 1. The van der Waals surface area contributed by atoms with Gasteiger partial charge in [0.15, 0.2) is 0 Å². The molecule has 2 atom stereocenters. The van der Waals surface area contributed by atoms with Crippen molar-refractivity contribution in [3.05, 3.63) is 35.4 Å². The Morgan fingerprint density at radius 1 is 1.17 bits per heavy atom. The number of urea groups is 1. The minimum atomic E-state index is -0.842. The highest BCUT2D eigenvalue weighted by Crippen LogP contribution is 2.30. The Morgan fingerprint density at radius 2 is 1.74 bits per heavy atom. The summed E-state index contributed by atoms with van der Waals surface area (Å²) in [7, 11) is 0. The molecule has 0 saturated carbocycles. The zero-order valence-electron chi connectivity index (χ0n) is 14.3. The van der Waals surface area contributed by atoms with Crippen LogP contribution in [0.1, 0.15) is 57.2 Å². The molecule has 1 aromatic carbocycles. The highest BCUT2D eigenvalue weighted by Gasteiger charge is 2.42. The van der Waals surface area contributed by atoms with Crippen LogP contribution in [0.4, 0.5) is 4.79 Å². The Hall–Kier alpha value is -2.04. The van der Waals surface area contributed by atoms with Crippen molar-refractivity contribution in [2.75, 3.05) is 13.1 Å². The molecule has 1 saturated heterocycles. The fourth-order valence-electron chi connectivity index (χ4n) is 2.84. The van der Waals surface area contributed by atoms with Crippen molar-refractivity contribution < 1.29 is 14.7 Å². The van der Waals surface area contributed by atoms with Gasteiger partial charge in [-0.15, -0.1) is 0 Å². The molecule has 1 fully saturated rings. The molecule has 0 bridgehead atoms. The van der Waals surface area contributed by atoms with Crippen LogP contribution in [0.15, 0.2) is 24.3 Å². The molecule has 0 aromatic heterocycles. The van der Waals surface area contributed by atoms with Gasteiger partial charge in [-0.2, -0.15) is 0 Å². The van der Waals surface area contributed by atoms with Gasteiger partial charge in [0.25, 0.3) is 0 Å². The Bertz CT molecular complexity index is 582. The van der Waals surface area contributed by atoms with Crippen LogP contribution < -0.4 is 5.32 Å². The highest BCUT2D eigenvalue weighted by molar-refractivity contribution is 5.79. The summed E-state index contributed by atoms with van der Waals surface area (Å²) in [5, 5.41) is 12.2. The molecule has 2 N–H and O–H groups in total. The summed E-state index contributed by atoms with van der Waals surface area (Å²) >= 11 is 0. The molecule has 0 radical (unpaired) electrons. The summed E-state index contributed by atoms with van der Waals surface area (Å²) in [6, 6.07) is 7.92. The van der Waals surface area contributed by atoms with Gasteiger partial charge in [0.2, 0.25) is 0 Å². The maximum Gasteiger partial charge on any atom is 0.317 e. The van der Waals surface area contributed by atoms with E-state index < -0.39 is 11.4 Å². The Labute approximate surface area is 137 Å². The van der Waals surface area contributed by atoms with Gasteiger partial charge in [-0.1, -0.05) is 38.1 Å². The average molecular weight is 318 g/mol. The number of aliphatic carboxylic acids is 1. The molecule has 2 unspecified atom stereocenters. The molecule has 1 aliphatic rings. The van der Waals surface area contributed by atoms with E-state index in [0.717, 1.165) is 5.56 Å². The number of benzene rings is 1. The maximum absolute atomic E-state index is 12.3. The standard InChI is InChI=1S/C18H26N2O3/c1-12(2)14-5-7-15(8-6-14)13(3)19-17(23)20-10-9-18(4,11-20)16(21)22/h5-8,12-13H,9-11H2,1-4H3,(H,19,23)(H,21,22). The molecule has 1 aliphatic heterocycles. The zero-order chi connectivity index (χ0) is 17.2. The van der Waals surface area contributed by atoms with E-state index in [1.54, 1.807) is 11.8 Å². The molecule has 5 heteroatoms. The SMILES string of the molecule is CC(C)c1ccc(C(C)NC(=O)N2CCC(C)(C(=O)O)C2)cc1. The molecule has 1 heterocycles. The van der Waals surface area contributed by atoms with Crippen LogP contribution >= 0.6 is 0 Å². The smallest absolute Gasteiger partial charge is 0.317 e. The van der Waals surface area contributed by atoms with E-state index in [0.29, 0.717) is 18.9 Å². The third-order valence-electron chi connectivity index (χ3n) is 4.72. The number of hydrogen-bond donors (Lipinski definition) is 2. The van der Waals surface area contributed by atoms with Crippen LogP contribution in [0, 0.1) is 5.41 Å². The number of nitrogens with zero attached hydrogens (tertiary/aromatic N) is 1. The number of carboxylic acid groups (broad SMARTS) is 1. The van der Waals surface area contributed by atoms with Gasteiger partial charge in [-0.3, -0.25) is 4.79 Å². The monoisotopic (exact) mass is 318 g/mol. The number of carbonyl (C=O) groups excluding carboxylic acids is 1. The maximum atomic E-state index is 12.3. The molecule has 2 amide bonds. The highest BCUT2D eigenvalue weighted by atomic mass is 16.4. The van der Waals surface area contributed by atoms with Crippen molar-refractivity contribution in [2.45, 2.75) is 46.1 Å². The quantitative estimate of drug-likeness (QED) is 0.894. The lowest BCUT2D eigenvalue weighted by Crippen LogP contribution is -2.41.